The summed E-state index contributed by atoms with van der Waals surface area (Å²) in [6.45, 7) is 4.99. The van der Waals surface area contributed by atoms with E-state index in [0.717, 1.165) is 43.9 Å². The van der Waals surface area contributed by atoms with Crippen LogP contribution in [0.3, 0.4) is 0 Å². The van der Waals surface area contributed by atoms with Gasteiger partial charge in [-0.3, -0.25) is 4.79 Å². The van der Waals surface area contributed by atoms with E-state index < -0.39 is 0 Å². The molecule has 1 saturated carbocycles. The average molecular weight is 307 g/mol. The molecule has 1 heterocycles. The van der Waals surface area contributed by atoms with Gasteiger partial charge in [0.05, 0.1) is 0 Å². The number of amides is 1. The third-order valence-electron chi connectivity index (χ3n) is 4.61. The van der Waals surface area contributed by atoms with Crippen LogP contribution >= 0.6 is 11.6 Å². The number of carbonyl (C=O) groups excluding carboxylic acids is 1. The van der Waals surface area contributed by atoms with Crippen LogP contribution < -0.4 is 5.32 Å². The van der Waals surface area contributed by atoms with E-state index in [9.17, 15) is 4.79 Å². The Morgan fingerprint density at radius 2 is 2.33 bits per heavy atom. The molecule has 1 aromatic rings. The van der Waals surface area contributed by atoms with E-state index >= 15 is 0 Å². The third-order valence-corrected chi connectivity index (χ3v) is 4.84. The summed E-state index contributed by atoms with van der Waals surface area (Å²) in [4.78, 5) is 14.9. The van der Waals surface area contributed by atoms with Crippen LogP contribution in [0.15, 0.2) is 24.3 Å². The minimum absolute atomic E-state index is 0.163. The zero-order valence-corrected chi connectivity index (χ0v) is 13.3. The van der Waals surface area contributed by atoms with E-state index in [4.69, 9.17) is 11.6 Å². The van der Waals surface area contributed by atoms with Crippen LogP contribution in [0.25, 0.3) is 0 Å². The summed E-state index contributed by atoms with van der Waals surface area (Å²) < 4.78 is 0. The van der Waals surface area contributed by atoms with E-state index in [2.05, 4.69) is 23.2 Å². The first-order valence-corrected chi connectivity index (χ1v) is 8.35. The van der Waals surface area contributed by atoms with E-state index in [1.165, 1.54) is 5.56 Å². The molecular weight excluding hydrogens is 284 g/mol. The largest absolute Gasteiger partial charge is 0.338 e. The van der Waals surface area contributed by atoms with Crippen molar-refractivity contribution < 1.29 is 4.79 Å². The minimum Gasteiger partial charge on any atom is -0.338 e. The van der Waals surface area contributed by atoms with Gasteiger partial charge in [-0.05, 0) is 49.4 Å². The highest BCUT2D eigenvalue weighted by Crippen LogP contribution is 2.49. The monoisotopic (exact) mass is 306 g/mol. The average Bonchev–Trinajstić information content (AvgIpc) is 3.11. The van der Waals surface area contributed by atoms with Gasteiger partial charge in [-0.2, -0.15) is 0 Å². The summed E-state index contributed by atoms with van der Waals surface area (Å²) in [5.74, 6) is 0.871. The van der Waals surface area contributed by atoms with E-state index in [0.29, 0.717) is 17.9 Å². The van der Waals surface area contributed by atoms with Crippen LogP contribution in [0.4, 0.5) is 0 Å². The third kappa shape index (κ3) is 3.24. The summed E-state index contributed by atoms with van der Waals surface area (Å²) in [5, 5.41) is 4.12. The molecule has 1 aromatic carbocycles. The lowest BCUT2D eigenvalue weighted by molar-refractivity contribution is -0.134. The molecule has 3 atom stereocenters. The Hall–Kier alpha value is -1.06. The van der Waals surface area contributed by atoms with Crippen molar-refractivity contribution in [3.63, 3.8) is 0 Å². The molecule has 21 heavy (non-hydrogen) atoms. The lowest BCUT2D eigenvalue weighted by atomic mass is 10.1. The van der Waals surface area contributed by atoms with Crippen molar-refractivity contribution in [1.82, 2.24) is 10.2 Å². The van der Waals surface area contributed by atoms with E-state index in [-0.39, 0.29) is 5.92 Å². The van der Waals surface area contributed by atoms with Crippen LogP contribution in [-0.4, -0.2) is 36.5 Å². The Labute approximate surface area is 131 Å². The number of hydrogen-bond donors (Lipinski definition) is 1. The van der Waals surface area contributed by atoms with Gasteiger partial charge in [0.2, 0.25) is 5.91 Å². The molecule has 1 amide bonds. The van der Waals surface area contributed by atoms with Gasteiger partial charge >= 0.3 is 0 Å². The van der Waals surface area contributed by atoms with Crippen molar-refractivity contribution >= 4 is 17.5 Å². The lowest BCUT2D eigenvalue weighted by Gasteiger charge is -2.28. The van der Waals surface area contributed by atoms with Crippen LogP contribution in [-0.2, 0) is 4.79 Å². The summed E-state index contributed by atoms with van der Waals surface area (Å²) in [5.41, 5.74) is 1.21. The quantitative estimate of drug-likeness (QED) is 0.907. The van der Waals surface area contributed by atoms with Gasteiger partial charge in [0, 0.05) is 30.1 Å². The fourth-order valence-corrected chi connectivity index (χ4v) is 3.60. The van der Waals surface area contributed by atoms with Crippen LogP contribution in [0, 0.1) is 5.92 Å². The minimum atomic E-state index is 0.163. The van der Waals surface area contributed by atoms with Gasteiger partial charge < -0.3 is 10.2 Å². The fourth-order valence-electron chi connectivity index (χ4n) is 3.41. The maximum atomic E-state index is 12.8. The SMILES string of the molecule is CCCN(C(=O)C1CC1c1cccc(Cl)c1)C1CCNC1. The van der Waals surface area contributed by atoms with E-state index in [1.54, 1.807) is 0 Å². The Morgan fingerprint density at radius 3 is 3.00 bits per heavy atom. The topological polar surface area (TPSA) is 32.3 Å². The van der Waals surface area contributed by atoms with Gasteiger partial charge in [0.15, 0.2) is 0 Å². The fraction of sp³-hybridized carbons (Fsp3) is 0.588. The molecule has 2 aliphatic rings. The molecule has 1 N–H and O–H groups in total. The zero-order valence-electron chi connectivity index (χ0n) is 12.5. The Balaban J connectivity index is 1.67. The number of nitrogens with one attached hydrogen (secondary N) is 1. The number of benzene rings is 1. The first-order valence-electron chi connectivity index (χ1n) is 7.97. The molecule has 0 bridgehead atoms. The predicted octanol–water partition coefficient (Wildman–Crippen LogP) is 3.04. The number of carbonyl (C=O) groups is 1. The summed E-state index contributed by atoms with van der Waals surface area (Å²) in [7, 11) is 0. The Bertz CT molecular complexity index is 513. The van der Waals surface area contributed by atoms with Crippen molar-refractivity contribution in [3.8, 4) is 0 Å². The van der Waals surface area contributed by atoms with Gasteiger partial charge in [-0.25, -0.2) is 0 Å². The molecule has 0 spiro atoms. The van der Waals surface area contributed by atoms with Crippen LogP contribution in [0.2, 0.25) is 5.02 Å². The van der Waals surface area contributed by atoms with Gasteiger partial charge in [-0.15, -0.1) is 0 Å². The van der Waals surface area contributed by atoms with Crippen molar-refractivity contribution in [1.29, 1.82) is 0 Å². The Kier molecular flexibility index (Phi) is 4.51. The lowest BCUT2D eigenvalue weighted by Crippen LogP contribution is -2.43. The second-order valence-electron chi connectivity index (χ2n) is 6.18. The Morgan fingerprint density at radius 1 is 1.48 bits per heavy atom. The number of halogens is 1. The zero-order chi connectivity index (χ0) is 14.8. The van der Waals surface area contributed by atoms with Gasteiger partial charge in [-0.1, -0.05) is 30.7 Å². The smallest absolute Gasteiger partial charge is 0.226 e. The number of nitrogens with zero attached hydrogens (tertiary/aromatic N) is 1. The molecule has 3 nitrogen and oxygen atoms in total. The highest BCUT2D eigenvalue weighted by molar-refractivity contribution is 6.30. The first kappa shape index (κ1) is 14.9. The molecule has 0 radical (unpaired) electrons. The first-order chi connectivity index (χ1) is 10.2. The number of rotatable bonds is 5. The van der Waals surface area contributed by atoms with E-state index in [1.807, 2.05) is 18.2 Å². The normalized spacial score (nSPS) is 27.6. The van der Waals surface area contributed by atoms with Crippen molar-refractivity contribution in [3.05, 3.63) is 34.9 Å². The number of hydrogen-bond acceptors (Lipinski definition) is 2. The molecule has 2 fully saturated rings. The molecule has 1 aliphatic carbocycles. The summed E-state index contributed by atoms with van der Waals surface area (Å²) in [6, 6.07) is 8.34. The van der Waals surface area contributed by atoms with Crippen LogP contribution in [0.1, 0.15) is 37.7 Å². The maximum absolute atomic E-state index is 12.8. The summed E-state index contributed by atoms with van der Waals surface area (Å²) >= 11 is 6.06. The summed E-state index contributed by atoms with van der Waals surface area (Å²) in [6.07, 6.45) is 3.08. The highest BCUT2D eigenvalue weighted by Gasteiger charge is 2.46. The van der Waals surface area contributed by atoms with Crippen molar-refractivity contribution in [2.24, 2.45) is 5.92 Å². The van der Waals surface area contributed by atoms with Crippen LogP contribution in [0.5, 0.6) is 0 Å². The molecular formula is C17H23ClN2O. The molecule has 114 valence electrons. The molecule has 3 unspecified atom stereocenters. The van der Waals surface area contributed by atoms with Crippen molar-refractivity contribution in [2.75, 3.05) is 19.6 Å². The maximum Gasteiger partial charge on any atom is 0.226 e. The molecule has 1 aliphatic heterocycles. The van der Waals surface area contributed by atoms with Gasteiger partial charge in [0.1, 0.15) is 0 Å². The highest BCUT2D eigenvalue weighted by atomic mass is 35.5. The second-order valence-corrected chi connectivity index (χ2v) is 6.62. The molecule has 4 heteroatoms. The van der Waals surface area contributed by atoms with Gasteiger partial charge in [0.25, 0.3) is 0 Å². The van der Waals surface area contributed by atoms with Crippen molar-refractivity contribution in [2.45, 2.75) is 38.1 Å². The second kappa shape index (κ2) is 6.37. The molecule has 1 saturated heterocycles. The molecule has 0 aromatic heterocycles. The molecule has 3 rings (SSSR count). The standard InChI is InChI=1S/C17H23ClN2O/c1-2-8-20(14-6-7-19-11-14)17(21)16-10-15(16)12-4-3-5-13(18)9-12/h3-5,9,14-16,19H,2,6-8,10-11H2,1H3. The predicted molar refractivity (Wildman–Crippen MR) is 85.6 cm³/mol.